The minimum atomic E-state index is -4.60. The second-order valence-electron chi connectivity index (χ2n) is 8.54. The van der Waals surface area contributed by atoms with E-state index in [1.807, 2.05) is 0 Å². The zero-order valence-corrected chi connectivity index (χ0v) is 18.8. The van der Waals surface area contributed by atoms with Gasteiger partial charge in [0.2, 0.25) is 0 Å². The lowest BCUT2D eigenvalue weighted by molar-refractivity contribution is -0.138. The van der Waals surface area contributed by atoms with E-state index >= 15 is 0 Å². The van der Waals surface area contributed by atoms with Gasteiger partial charge in [0.25, 0.3) is 11.8 Å². The van der Waals surface area contributed by atoms with E-state index in [4.69, 9.17) is 9.26 Å². The van der Waals surface area contributed by atoms with Crippen LogP contribution in [0.15, 0.2) is 33.8 Å². The van der Waals surface area contributed by atoms with Gasteiger partial charge in [-0.2, -0.15) is 18.3 Å². The molecule has 4 rings (SSSR count). The number of amides is 1. The highest BCUT2D eigenvalue weighted by Crippen LogP contribution is 2.43. The van der Waals surface area contributed by atoms with Crippen LogP contribution in [0.2, 0.25) is 0 Å². The highest BCUT2D eigenvalue weighted by Gasteiger charge is 2.57. The van der Waals surface area contributed by atoms with Gasteiger partial charge in [-0.25, -0.2) is 23.8 Å². The van der Waals surface area contributed by atoms with Crippen molar-refractivity contribution in [3.63, 3.8) is 0 Å². The number of likely N-dealkylation sites (tertiary alicyclic amines) is 1. The molecule has 2 aliphatic rings. The van der Waals surface area contributed by atoms with E-state index in [0.717, 1.165) is 5.01 Å². The van der Waals surface area contributed by atoms with E-state index in [9.17, 15) is 26.7 Å². The molecule has 4 heterocycles. The van der Waals surface area contributed by atoms with E-state index in [2.05, 4.69) is 26.9 Å². The van der Waals surface area contributed by atoms with Crippen LogP contribution in [0, 0.1) is 6.92 Å². The first kappa shape index (κ1) is 24.7. The molecule has 2 fully saturated rings. The summed E-state index contributed by atoms with van der Waals surface area (Å²) in [5.41, 5.74) is -1.01. The number of halogens is 5. The molecule has 1 spiro atoms. The molecule has 2 aromatic rings. The van der Waals surface area contributed by atoms with Crippen LogP contribution in [0.1, 0.15) is 30.2 Å². The van der Waals surface area contributed by atoms with E-state index in [1.54, 1.807) is 18.7 Å². The smallest absolute Gasteiger partial charge is 0.369 e. The second-order valence-corrected chi connectivity index (χ2v) is 8.54. The van der Waals surface area contributed by atoms with Crippen LogP contribution < -0.4 is 0 Å². The van der Waals surface area contributed by atoms with Gasteiger partial charge < -0.3 is 14.2 Å². The lowest BCUT2D eigenvalue weighted by atomic mass is 9.89. The predicted molar refractivity (Wildman–Crippen MR) is 111 cm³/mol. The number of rotatable bonds is 6. The zero-order chi connectivity index (χ0) is 25.6. The third-order valence-electron chi connectivity index (χ3n) is 5.87. The van der Waals surface area contributed by atoms with Gasteiger partial charge in [0.05, 0.1) is 12.1 Å². The molecule has 35 heavy (non-hydrogen) atoms. The first-order chi connectivity index (χ1) is 16.3. The number of allylic oxidation sites excluding steroid dienone is 1. The summed E-state index contributed by atoms with van der Waals surface area (Å²) >= 11 is 0. The highest BCUT2D eigenvalue weighted by atomic mass is 19.4. The first-order valence-electron chi connectivity index (χ1n) is 10.4. The molecule has 2 aromatic heterocycles. The van der Waals surface area contributed by atoms with Crippen LogP contribution in [0.3, 0.4) is 0 Å². The molecule has 0 N–H and O–H groups in total. The van der Waals surface area contributed by atoms with Crippen LogP contribution in [0.4, 0.5) is 22.0 Å². The number of aromatic nitrogens is 3. The Kier molecular flexibility index (Phi) is 6.11. The Labute approximate surface area is 196 Å². The van der Waals surface area contributed by atoms with Gasteiger partial charge in [-0.1, -0.05) is 5.16 Å². The third kappa shape index (κ3) is 5.01. The van der Waals surface area contributed by atoms with Crippen molar-refractivity contribution in [2.24, 2.45) is 5.10 Å². The number of hydrogen-bond acceptors (Lipinski definition) is 8. The minimum Gasteiger partial charge on any atom is -0.369 e. The molecular formula is C21H21F5N6O3. The van der Waals surface area contributed by atoms with Gasteiger partial charge in [0.1, 0.15) is 18.0 Å². The molecule has 0 radical (unpaired) electrons. The summed E-state index contributed by atoms with van der Waals surface area (Å²) < 4.78 is 75.8. The Morgan fingerprint density at radius 2 is 1.97 bits per heavy atom. The Morgan fingerprint density at radius 3 is 2.51 bits per heavy atom. The summed E-state index contributed by atoms with van der Waals surface area (Å²) in [5.74, 6) is -3.24. The van der Waals surface area contributed by atoms with Gasteiger partial charge >= 0.3 is 6.18 Å². The fraction of sp³-hybridized carbons (Fsp3) is 0.476. The molecule has 1 amide bonds. The van der Waals surface area contributed by atoms with Gasteiger partial charge in [0.15, 0.2) is 11.5 Å². The minimum absolute atomic E-state index is 0.0578. The molecule has 0 bridgehead atoms. The maximum atomic E-state index is 13.5. The van der Waals surface area contributed by atoms with Crippen molar-refractivity contribution in [2.45, 2.75) is 44.5 Å². The van der Waals surface area contributed by atoms with Crippen molar-refractivity contribution in [3.05, 3.63) is 41.1 Å². The van der Waals surface area contributed by atoms with Crippen LogP contribution in [-0.4, -0.2) is 68.9 Å². The Hall–Kier alpha value is -3.42. The lowest BCUT2D eigenvalue weighted by Crippen LogP contribution is -2.60. The fourth-order valence-corrected chi connectivity index (χ4v) is 3.98. The third-order valence-corrected chi connectivity index (χ3v) is 5.87. The van der Waals surface area contributed by atoms with Crippen molar-refractivity contribution in [3.8, 4) is 11.5 Å². The molecule has 2 aliphatic heterocycles. The molecule has 0 atom stereocenters. The van der Waals surface area contributed by atoms with Crippen molar-refractivity contribution in [1.82, 2.24) is 25.0 Å². The summed E-state index contributed by atoms with van der Waals surface area (Å²) in [6.07, 6.45) is -2.42. The van der Waals surface area contributed by atoms with Crippen LogP contribution in [-0.2, 0) is 22.3 Å². The molecule has 0 aliphatic carbocycles. The average Bonchev–Trinajstić information content (AvgIpc) is 3.29. The average molecular weight is 500 g/mol. The summed E-state index contributed by atoms with van der Waals surface area (Å²) in [7, 11) is 0. The summed E-state index contributed by atoms with van der Waals surface area (Å²) in [6.45, 7) is 6.30. The molecular weight excluding hydrogens is 479 g/mol. The second kappa shape index (κ2) is 8.66. The first-order valence-corrected chi connectivity index (χ1v) is 10.4. The summed E-state index contributed by atoms with van der Waals surface area (Å²) in [6, 6.07) is 0. The number of ether oxygens (including phenoxy) is 1. The van der Waals surface area contributed by atoms with E-state index in [0.29, 0.717) is 23.7 Å². The van der Waals surface area contributed by atoms with Crippen molar-refractivity contribution < 1.29 is 36.0 Å². The highest BCUT2D eigenvalue weighted by molar-refractivity contribution is 5.88. The Bertz CT molecular complexity index is 1160. The molecule has 14 heteroatoms. The zero-order valence-electron chi connectivity index (χ0n) is 18.8. The predicted octanol–water partition coefficient (Wildman–Crippen LogP) is 3.42. The number of nitrogens with zero attached hydrogens (tertiary/aromatic N) is 6. The topological polar surface area (TPSA) is 96.9 Å². The molecule has 188 valence electrons. The SMILES string of the molecule is C=NN(Cc1c(-c2ncc(C(F)(F)F)cn2)noc1C)C(=O)/C=C(\C)N1CC2(C1)CC(F)(F)CO2. The van der Waals surface area contributed by atoms with Gasteiger partial charge in [0, 0.05) is 56.0 Å². The molecule has 2 saturated heterocycles. The summed E-state index contributed by atoms with van der Waals surface area (Å²) in [5, 5.41) is 8.53. The standard InChI is InChI=1S/C21H21F5N6O3/c1-12(31-9-19(10-31)8-20(22,23)11-34-19)4-16(33)32(27-3)7-15-13(2)35-30-17(15)18-28-5-14(6-29-18)21(24,25)26/h4-6H,3,7-11H2,1-2H3/b12-4+. The fourth-order valence-electron chi connectivity index (χ4n) is 3.98. The maximum Gasteiger partial charge on any atom is 0.419 e. The number of alkyl halides is 5. The molecule has 0 aromatic carbocycles. The lowest BCUT2D eigenvalue weighted by Gasteiger charge is -2.48. The normalized spacial score (nSPS) is 19.1. The number of carbonyl (C=O) groups is 1. The monoisotopic (exact) mass is 500 g/mol. The number of carbonyl (C=O) groups excluding carboxylic acids is 1. The van der Waals surface area contributed by atoms with Crippen LogP contribution in [0.5, 0.6) is 0 Å². The largest absolute Gasteiger partial charge is 0.419 e. The molecule has 0 saturated carbocycles. The molecule has 0 unspecified atom stereocenters. The maximum absolute atomic E-state index is 13.5. The number of hydrogen-bond donors (Lipinski definition) is 0. The van der Waals surface area contributed by atoms with E-state index in [-0.39, 0.29) is 43.3 Å². The summed E-state index contributed by atoms with van der Waals surface area (Å²) in [4.78, 5) is 22.0. The van der Waals surface area contributed by atoms with Gasteiger partial charge in [-0.15, -0.1) is 0 Å². The van der Waals surface area contributed by atoms with Crippen LogP contribution in [0.25, 0.3) is 11.5 Å². The number of hydrazone groups is 1. The van der Waals surface area contributed by atoms with Gasteiger partial charge in [-0.05, 0) is 13.8 Å². The van der Waals surface area contributed by atoms with E-state index in [1.165, 1.54) is 6.08 Å². The Morgan fingerprint density at radius 1 is 1.31 bits per heavy atom. The van der Waals surface area contributed by atoms with Crippen molar-refractivity contribution >= 4 is 12.6 Å². The van der Waals surface area contributed by atoms with Gasteiger partial charge in [-0.3, -0.25) is 4.79 Å². The van der Waals surface area contributed by atoms with Crippen molar-refractivity contribution in [2.75, 3.05) is 19.7 Å². The van der Waals surface area contributed by atoms with Crippen LogP contribution >= 0.6 is 0 Å². The molecule has 9 nitrogen and oxygen atoms in total. The quantitative estimate of drug-likeness (QED) is 0.260. The number of aryl methyl sites for hydroxylation is 1. The van der Waals surface area contributed by atoms with E-state index < -0.39 is 35.8 Å². The Balaban J connectivity index is 1.46. The van der Waals surface area contributed by atoms with Crippen molar-refractivity contribution in [1.29, 1.82) is 0 Å².